The maximum absolute atomic E-state index is 13.6. The van der Waals surface area contributed by atoms with E-state index in [0.717, 1.165) is 41.9 Å². The Morgan fingerprint density at radius 1 is 0.969 bits per heavy atom. The highest BCUT2D eigenvalue weighted by Gasteiger charge is 2.34. The van der Waals surface area contributed by atoms with Gasteiger partial charge in [0.1, 0.15) is 5.75 Å². The van der Waals surface area contributed by atoms with Crippen LogP contribution in [0, 0.1) is 0 Å². The first kappa shape index (κ1) is 24.9. The molecule has 0 aliphatic carbocycles. The van der Waals surface area contributed by atoms with Gasteiger partial charge < -0.3 is 4.74 Å². The number of hydrogen-bond acceptors (Lipinski definition) is 3. The minimum absolute atomic E-state index is 0.112. The maximum Gasteiger partial charge on any atom is 0.419 e. The van der Waals surface area contributed by atoms with Crippen LogP contribution in [0.4, 0.5) is 13.2 Å². The molecule has 0 N–H and O–H groups in total. The minimum Gasteiger partial charge on any atom is -0.493 e. The summed E-state index contributed by atoms with van der Waals surface area (Å²) in [5.41, 5.74) is 1.79. The second-order valence-corrected chi connectivity index (χ2v) is 9.30. The standard InChI is InChI=1S/C24H24Cl2F3NOS/c1-2-3-4-11-31-22-10-7-17(12-19(22)24(27,28)29)14-23-30-18(15-32-23)8-5-16-6-9-20(25)21(26)13-16/h6-7,9-10,12-13,15H,2-5,8,11,14H2,1H3. The number of unbranched alkanes of at least 4 members (excludes halogenated alkanes) is 2. The molecule has 2 nitrogen and oxygen atoms in total. The van der Waals surface area contributed by atoms with E-state index in [0.29, 0.717) is 28.5 Å². The summed E-state index contributed by atoms with van der Waals surface area (Å²) in [5, 5.41) is 3.75. The van der Waals surface area contributed by atoms with Crippen molar-refractivity contribution in [2.45, 2.75) is 51.6 Å². The Bertz CT molecular complexity index is 1040. The molecule has 1 aromatic heterocycles. The predicted octanol–water partition coefficient (Wildman–Crippen LogP) is 8.41. The summed E-state index contributed by atoms with van der Waals surface area (Å²) in [6, 6.07) is 9.80. The fraction of sp³-hybridized carbons (Fsp3) is 0.375. The monoisotopic (exact) mass is 501 g/mol. The summed E-state index contributed by atoms with van der Waals surface area (Å²) in [6.07, 6.45) is -0.00993. The van der Waals surface area contributed by atoms with Crippen LogP contribution in [0.3, 0.4) is 0 Å². The van der Waals surface area contributed by atoms with Gasteiger partial charge in [0.15, 0.2) is 0 Å². The highest BCUT2D eigenvalue weighted by Crippen LogP contribution is 2.37. The number of rotatable bonds is 10. The lowest BCUT2D eigenvalue weighted by Gasteiger charge is -2.15. The highest BCUT2D eigenvalue weighted by molar-refractivity contribution is 7.09. The molecule has 3 aromatic rings. The van der Waals surface area contributed by atoms with Gasteiger partial charge in [-0.1, -0.05) is 55.1 Å². The fourth-order valence-corrected chi connectivity index (χ4v) is 4.44. The van der Waals surface area contributed by atoms with Crippen LogP contribution < -0.4 is 4.74 Å². The summed E-state index contributed by atoms with van der Waals surface area (Å²) in [4.78, 5) is 4.59. The Hall–Kier alpha value is -1.76. The third-order valence-corrected chi connectivity index (χ3v) is 6.60. The van der Waals surface area contributed by atoms with Crippen molar-refractivity contribution in [3.05, 3.63) is 79.2 Å². The van der Waals surface area contributed by atoms with Crippen LogP contribution in [-0.2, 0) is 25.4 Å². The fourth-order valence-electron chi connectivity index (χ4n) is 3.26. The van der Waals surface area contributed by atoms with Crippen LogP contribution in [0.1, 0.15) is 53.6 Å². The van der Waals surface area contributed by atoms with E-state index in [2.05, 4.69) is 4.98 Å². The molecule has 0 bridgehead atoms. The van der Waals surface area contributed by atoms with Gasteiger partial charge in [0, 0.05) is 11.8 Å². The molecule has 0 spiro atoms. The Morgan fingerprint density at radius 2 is 1.75 bits per heavy atom. The van der Waals surface area contributed by atoms with Gasteiger partial charge in [-0.05, 0) is 54.7 Å². The van der Waals surface area contributed by atoms with Gasteiger partial charge in [0.25, 0.3) is 0 Å². The quantitative estimate of drug-likeness (QED) is 0.260. The third-order valence-electron chi connectivity index (χ3n) is 4.96. The molecule has 1 heterocycles. The van der Waals surface area contributed by atoms with Crippen LogP contribution in [-0.4, -0.2) is 11.6 Å². The lowest BCUT2D eigenvalue weighted by atomic mass is 10.1. The van der Waals surface area contributed by atoms with Crippen LogP contribution in [0.2, 0.25) is 10.0 Å². The Morgan fingerprint density at radius 3 is 2.47 bits per heavy atom. The minimum atomic E-state index is -4.47. The van der Waals surface area contributed by atoms with Crippen molar-refractivity contribution in [3.8, 4) is 5.75 Å². The number of benzene rings is 2. The van der Waals surface area contributed by atoms with E-state index >= 15 is 0 Å². The molecule has 3 rings (SSSR count). The molecule has 0 radical (unpaired) electrons. The number of thiazole rings is 1. The van der Waals surface area contributed by atoms with E-state index in [1.165, 1.54) is 23.5 Å². The second kappa shape index (κ2) is 11.4. The van der Waals surface area contributed by atoms with E-state index in [1.54, 1.807) is 12.1 Å². The lowest BCUT2D eigenvalue weighted by molar-refractivity contribution is -0.139. The number of aromatic nitrogens is 1. The first-order valence-corrected chi connectivity index (χ1v) is 12.1. The van der Waals surface area contributed by atoms with E-state index in [4.69, 9.17) is 27.9 Å². The molecule has 8 heteroatoms. The maximum atomic E-state index is 13.6. The van der Waals surface area contributed by atoms with Gasteiger partial charge in [-0.3, -0.25) is 0 Å². The summed E-state index contributed by atoms with van der Waals surface area (Å²) < 4.78 is 46.1. The van der Waals surface area contributed by atoms with Gasteiger partial charge >= 0.3 is 6.18 Å². The third kappa shape index (κ3) is 7.12. The molecule has 2 aromatic carbocycles. The smallest absolute Gasteiger partial charge is 0.419 e. The van der Waals surface area contributed by atoms with Crippen molar-refractivity contribution in [2.75, 3.05) is 6.61 Å². The molecular weight excluding hydrogens is 478 g/mol. The molecule has 0 amide bonds. The normalized spacial score (nSPS) is 11.7. The topological polar surface area (TPSA) is 22.1 Å². The molecule has 0 atom stereocenters. The number of aryl methyl sites for hydroxylation is 2. The lowest BCUT2D eigenvalue weighted by Crippen LogP contribution is -2.10. The Kier molecular flexibility index (Phi) is 8.86. The highest BCUT2D eigenvalue weighted by atomic mass is 35.5. The van der Waals surface area contributed by atoms with E-state index in [1.807, 2.05) is 24.4 Å². The molecule has 32 heavy (non-hydrogen) atoms. The van der Waals surface area contributed by atoms with E-state index < -0.39 is 11.7 Å². The molecule has 0 aliphatic rings. The average Bonchev–Trinajstić information content (AvgIpc) is 3.19. The molecule has 0 fully saturated rings. The number of halogens is 5. The van der Waals surface area contributed by atoms with E-state index in [-0.39, 0.29) is 12.4 Å². The summed E-state index contributed by atoms with van der Waals surface area (Å²) in [7, 11) is 0. The first-order valence-electron chi connectivity index (χ1n) is 10.5. The van der Waals surface area contributed by atoms with Gasteiger partial charge in [0.05, 0.1) is 32.9 Å². The number of nitrogens with zero attached hydrogens (tertiary/aromatic N) is 1. The summed E-state index contributed by atoms with van der Waals surface area (Å²) >= 11 is 13.4. The van der Waals surface area contributed by atoms with Gasteiger partial charge in [0.2, 0.25) is 0 Å². The zero-order valence-corrected chi connectivity index (χ0v) is 20.0. The van der Waals surface area contributed by atoms with E-state index in [9.17, 15) is 13.2 Å². The van der Waals surface area contributed by atoms with Crippen LogP contribution in [0.5, 0.6) is 5.75 Å². The molecular formula is C24H24Cl2F3NOS. The van der Waals surface area contributed by atoms with Crippen molar-refractivity contribution in [2.24, 2.45) is 0 Å². The molecule has 0 saturated carbocycles. The average molecular weight is 502 g/mol. The molecule has 0 saturated heterocycles. The Balaban J connectivity index is 1.65. The van der Waals surface area contributed by atoms with Crippen molar-refractivity contribution in [1.29, 1.82) is 0 Å². The second-order valence-electron chi connectivity index (χ2n) is 7.54. The van der Waals surface area contributed by atoms with Gasteiger partial charge in [-0.2, -0.15) is 13.2 Å². The van der Waals surface area contributed by atoms with Crippen LogP contribution in [0.15, 0.2) is 41.8 Å². The van der Waals surface area contributed by atoms with Crippen molar-refractivity contribution in [3.63, 3.8) is 0 Å². The number of hydrogen-bond donors (Lipinski definition) is 0. The van der Waals surface area contributed by atoms with Crippen molar-refractivity contribution in [1.82, 2.24) is 4.98 Å². The molecule has 172 valence electrons. The predicted molar refractivity (Wildman–Crippen MR) is 125 cm³/mol. The molecule has 0 unspecified atom stereocenters. The zero-order valence-electron chi connectivity index (χ0n) is 17.6. The van der Waals surface area contributed by atoms with Gasteiger partial charge in [-0.25, -0.2) is 4.98 Å². The van der Waals surface area contributed by atoms with Gasteiger partial charge in [-0.15, -0.1) is 11.3 Å². The zero-order chi connectivity index (χ0) is 23.1. The van der Waals surface area contributed by atoms with Crippen molar-refractivity contribution >= 4 is 34.5 Å². The largest absolute Gasteiger partial charge is 0.493 e. The van der Waals surface area contributed by atoms with Crippen LogP contribution >= 0.6 is 34.5 Å². The Labute approximate surface area is 200 Å². The summed E-state index contributed by atoms with van der Waals surface area (Å²) in [6.45, 7) is 2.32. The SMILES string of the molecule is CCCCCOc1ccc(Cc2nc(CCc3ccc(Cl)c(Cl)c3)cs2)cc1C(F)(F)F. The number of ether oxygens (including phenoxy) is 1. The molecule has 0 aliphatic heterocycles. The number of alkyl halides is 3. The van der Waals surface area contributed by atoms with Crippen LogP contribution in [0.25, 0.3) is 0 Å². The summed E-state index contributed by atoms with van der Waals surface area (Å²) in [5.74, 6) is -0.112. The first-order chi connectivity index (χ1) is 15.3. The van der Waals surface area contributed by atoms with Crippen molar-refractivity contribution < 1.29 is 17.9 Å².